The Balaban J connectivity index is 1.26. The number of hydrogen-bond acceptors (Lipinski definition) is 6. The SMILES string of the molecule is CC(C)(C)OC(=O)N1CCC[C@H]1C1=[N+](COCC[Si](C)(C)C)c2ncc(-c3ccc4cc(B5OC(C)(C)C(C)(C)O5)ccc4c3)cc2C1. The van der Waals surface area contributed by atoms with Crippen molar-refractivity contribution in [2.45, 2.75) is 116 Å². The average Bonchev–Trinajstić information content (AvgIpc) is 3.66. The molecule has 48 heavy (non-hydrogen) atoms. The van der Waals surface area contributed by atoms with Gasteiger partial charge in [0.05, 0.1) is 22.8 Å². The number of benzene rings is 2. The molecular formula is C38H53BN3O5Si+. The highest BCUT2D eigenvalue weighted by Crippen LogP contribution is 2.37. The molecule has 10 heteroatoms. The second kappa shape index (κ2) is 12.7. The highest BCUT2D eigenvalue weighted by Gasteiger charge is 2.51. The van der Waals surface area contributed by atoms with Crippen LogP contribution in [-0.2, 0) is 25.2 Å². The van der Waals surface area contributed by atoms with Gasteiger partial charge in [0.25, 0.3) is 0 Å². The molecule has 3 aliphatic rings. The zero-order valence-corrected chi connectivity index (χ0v) is 31.6. The maximum Gasteiger partial charge on any atom is 0.494 e. The van der Waals surface area contributed by atoms with Gasteiger partial charge in [-0.1, -0.05) is 50.0 Å². The molecular weight excluding hydrogens is 617 g/mol. The summed E-state index contributed by atoms with van der Waals surface area (Å²) in [4.78, 5) is 20.2. The van der Waals surface area contributed by atoms with Crippen LogP contribution in [0.1, 0.15) is 66.9 Å². The number of nitrogens with zero attached hydrogens (tertiary/aromatic N) is 3. The molecule has 0 aliphatic carbocycles. The third-order valence-electron chi connectivity index (χ3n) is 10.1. The van der Waals surface area contributed by atoms with Crippen LogP contribution in [-0.4, -0.2) is 84.2 Å². The molecule has 3 aromatic rings. The fraction of sp³-hybridized carbons (Fsp3) is 0.553. The fourth-order valence-electron chi connectivity index (χ4n) is 6.66. The Morgan fingerprint density at radius 3 is 2.40 bits per heavy atom. The van der Waals surface area contributed by atoms with Crippen molar-refractivity contribution in [3.05, 3.63) is 54.2 Å². The Labute approximate surface area is 288 Å². The molecule has 4 heterocycles. The first-order valence-corrected chi connectivity index (χ1v) is 21.2. The van der Waals surface area contributed by atoms with Crippen molar-refractivity contribution >= 4 is 49.1 Å². The summed E-state index contributed by atoms with van der Waals surface area (Å²) in [5, 5.41) is 2.29. The van der Waals surface area contributed by atoms with Crippen molar-refractivity contribution in [3.63, 3.8) is 0 Å². The molecule has 1 amide bonds. The van der Waals surface area contributed by atoms with E-state index in [4.69, 9.17) is 23.8 Å². The van der Waals surface area contributed by atoms with Gasteiger partial charge in [-0.15, -0.1) is 0 Å². The number of hydrogen-bond donors (Lipinski definition) is 0. The lowest BCUT2D eigenvalue weighted by atomic mass is 9.78. The van der Waals surface area contributed by atoms with Gasteiger partial charge in [0.15, 0.2) is 6.73 Å². The van der Waals surface area contributed by atoms with Crippen LogP contribution in [0.15, 0.2) is 48.7 Å². The van der Waals surface area contributed by atoms with E-state index < -0.39 is 13.7 Å². The van der Waals surface area contributed by atoms with E-state index in [1.807, 2.05) is 31.9 Å². The molecule has 0 radical (unpaired) electrons. The molecule has 0 unspecified atom stereocenters. The lowest BCUT2D eigenvalue weighted by Gasteiger charge is -2.32. The minimum Gasteiger partial charge on any atom is -0.444 e. The van der Waals surface area contributed by atoms with E-state index in [1.54, 1.807) is 0 Å². The largest absolute Gasteiger partial charge is 0.494 e. The molecule has 2 fully saturated rings. The summed E-state index contributed by atoms with van der Waals surface area (Å²) in [6.45, 7) is 23.0. The molecule has 256 valence electrons. The maximum absolute atomic E-state index is 13.3. The molecule has 3 aliphatic heterocycles. The highest BCUT2D eigenvalue weighted by molar-refractivity contribution is 6.76. The normalized spacial score (nSPS) is 20.6. The second-order valence-corrected chi connectivity index (χ2v) is 22.5. The minimum absolute atomic E-state index is 0.0445. The van der Waals surface area contributed by atoms with Crippen LogP contribution in [0.4, 0.5) is 10.6 Å². The molecule has 0 N–H and O–H groups in total. The molecule has 0 bridgehead atoms. The quantitative estimate of drug-likeness (QED) is 0.140. The first-order chi connectivity index (χ1) is 22.4. The van der Waals surface area contributed by atoms with Crippen LogP contribution in [0.5, 0.6) is 0 Å². The molecule has 1 atom stereocenters. The summed E-state index contributed by atoms with van der Waals surface area (Å²) < 4.78 is 26.9. The summed E-state index contributed by atoms with van der Waals surface area (Å²) in [5.74, 6) is 0.922. The van der Waals surface area contributed by atoms with E-state index in [-0.39, 0.29) is 30.5 Å². The van der Waals surface area contributed by atoms with Gasteiger partial charge in [-0.25, -0.2) is 9.37 Å². The number of aromatic nitrogens is 1. The second-order valence-electron chi connectivity index (χ2n) is 16.9. The van der Waals surface area contributed by atoms with E-state index in [0.717, 1.165) is 70.7 Å². The van der Waals surface area contributed by atoms with Gasteiger partial charge in [0.2, 0.25) is 0 Å². The predicted octanol–water partition coefficient (Wildman–Crippen LogP) is 7.55. The molecule has 1 aromatic heterocycles. The van der Waals surface area contributed by atoms with Crippen LogP contribution < -0.4 is 5.46 Å². The van der Waals surface area contributed by atoms with Crippen LogP contribution in [0.2, 0.25) is 25.7 Å². The van der Waals surface area contributed by atoms with Crippen molar-refractivity contribution in [3.8, 4) is 11.1 Å². The third-order valence-corrected chi connectivity index (χ3v) is 11.8. The number of pyridine rings is 1. The van der Waals surface area contributed by atoms with Crippen LogP contribution in [0.25, 0.3) is 21.9 Å². The Morgan fingerprint density at radius 1 is 1.02 bits per heavy atom. The van der Waals surface area contributed by atoms with Crippen molar-refractivity contribution in [1.82, 2.24) is 9.88 Å². The highest BCUT2D eigenvalue weighted by atomic mass is 28.3. The topological polar surface area (TPSA) is 73.1 Å². The summed E-state index contributed by atoms with van der Waals surface area (Å²) >= 11 is 0. The lowest BCUT2D eigenvalue weighted by molar-refractivity contribution is -0.493. The number of likely N-dealkylation sites (tertiary alicyclic amines) is 1. The average molecular weight is 671 g/mol. The van der Waals surface area contributed by atoms with Gasteiger partial charge in [-0.05, 0) is 106 Å². The van der Waals surface area contributed by atoms with E-state index >= 15 is 0 Å². The van der Waals surface area contributed by atoms with Crippen molar-refractivity contribution in [2.75, 3.05) is 19.9 Å². The Hall–Kier alpha value is -3.05. The number of ether oxygens (including phenoxy) is 2. The van der Waals surface area contributed by atoms with Crippen LogP contribution >= 0.6 is 0 Å². The number of carbonyl (C=O) groups is 1. The zero-order valence-electron chi connectivity index (χ0n) is 30.6. The summed E-state index contributed by atoms with van der Waals surface area (Å²) in [6, 6.07) is 16.3. The Morgan fingerprint density at radius 2 is 1.71 bits per heavy atom. The number of fused-ring (bicyclic) bond motifs is 2. The lowest BCUT2D eigenvalue weighted by Crippen LogP contribution is -2.45. The van der Waals surface area contributed by atoms with Crippen LogP contribution in [0.3, 0.4) is 0 Å². The fourth-order valence-corrected chi connectivity index (χ4v) is 7.42. The molecule has 6 rings (SSSR count). The molecule has 0 spiro atoms. The van der Waals surface area contributed by atoms with Gasteiger partial charge in [0, 0.05) is 33.2 Å². The van der Waals surface area contributed by atoms with E-state index in [1.165, 1.54) is 5.71 Å². The summed E-state index contributed by atoms with van der Waals surface area (Å²) in [5.41, 5.74) is 4.23. The summed E-state index contributed by atoms with van der Waals surface area (Å²) in [6.07, 6.45) is 4.29. The predicted molar refractivity (Wildman–Crippen MR) is 196 cm³/mol. The number of rotatable bonds is 8. The Kier molecular flexibility index (Phi) is 9.20. The van der Waals surface area contributed by atoms with Gasteiger partial charge >= 0.3 is 19.0 Å². The minimum atomic E-state index is -1.23. The molecule has 8 nitrogen and oxygen atoms in total. The van der Waals surface area contributed by atoms with Gasteiger partial charge < -0.3 is 18.8 Å². The van der Waals surface area contributed by atoms with E-state index in [0.29, 0.717) is 13.3 Å². The maximum atomic E-state index is 13.3. The summed E-state index contributed by atoms with van der Waals surface area (Å²) in [7, 11) is -1.62. The standard InChI is InChI=1S/C38H53BN3O5Si/c1-36(2,3)45-35(43)41-17-11-12-32(41)33-23-29-21-30(24-40-34(29)42(33)25-44-18-19-48(8,9)10)27-13-14-28-22-31(16-15-26(28)20-27)39-46-37(4,5)38(6,7)47-39/h13-16,20-22,24,32H,11-12,17-19,23,25H2,1-10H3/q+1/t32-/m0/s1. The first-order valence-electron chi connectivity index (χ1n) is 17.5. The number of amides is 1. The van der Waals surface area contributed by atoms with Crippen molar-refractivity contribution in [2.24, 2.45) is 0 Å². The van der Waals surface area contributed by atoms with Crippen molar-refractivity contribution in [1.29, 1.82) is 0 Å². The van der Waals surface area contributed by atoms with Crippen molar-refractivity contribution < 1.29 is 28.2 Å². The smallest absolute Gasteiger partial charge is 0.444 e. The Bertz CT molecular complexity index is 1730. The van der Waals surface area contributed by atoms with Gasteiger partial charge in [-0.2, -0.15) is 0 Å². The van der Waals surface area contributed by atoms with E-state index in [9.17, 15) is 4.79 Å². The zero-order chi connectivity index (χ0) is 34.6. The third kappa shape index (κ3) is 7.27. The number of carbonyl (C=O) groups excluding carboxylic acids is 1. The van der Waals surface area contributed by atoms with Gasteiger partial charge in [0.1, 0.15) is 17.5 Å². The molecule has 2 aromatic carbocycles. The van der Waals surface area contributed by atoms with E-state index in [2.05, 4.69) is 94.4 Å². The first kappa shape index (κ1) is 34.8. The monoisotopic (exact) mass is 670 g/mol. The molecule has 0 saturated carbocycles. The van der Waals surface area contributed by atoms with Crippen LogP contribution in [0, 0.1) is 0 Å². The van der Waals surface area contributed by atoms with Gasteiger partial charge in [-0.3, -0.25) is 4.90 Å². The molecule has 2 saturated heterocycles.